The largest absolute Gasteiger partial charge is 0.508 e. The van der Waals surface area contributed by atoms with Gasteiger partial charge in [-0.05, 0) is 324 Å². The van der Waals surface area contributed by atoms with Gasteiger partial charge in [-0.3, -0.25) is 0 Å². The number of ether oxygens (including phenoxy) is 12. The molecule has 784 valence electrons. The Labute approximate surface area is 852 Å². The van der Waals surface area contributed by atoms with Crippen LogP contribution in [0, 0.1) is 51.8 Å². The average Bonchev–Trinajstić information content (AvgIpc) is 0.735. The predicted molar refractivity (Wildman–Crippen MR) is 582 cm³/mol. The SMILES string of the molecule is CCC(C)c1ccc(O)cc1.CCC(C)c1ccc(O)cc1.CCC(C)c1ccc(OC(OC)C(C)C)cc1.CCC(C)c1ccc(OC(OC2CCCCC2)C(C)C)cc1.CCC(C)c1ccc(OC(OC2CCOCC2)C(C)(C)C)cc1.CCC(C)c1ccc(OC(OCC2CCCCC2)C(C)(C)C)cc1.CCC(C)c1ccc(OC(OCCOC2CCCCC2)C23CC4CC(CC(C4)C2)C3)cc1. The maximum Gasteiger partial charge on any atom is 0.205 e. The lowest BCUT2D eigenvalue weighted by Crippen LogP contribution is -2.54. The molecule has 2 N–H and O–H groups in total. The number of hydrogen-bond acceptors (Lipinski definition) is 14. The van der Waals surface area contributed by atoms with Gasteiger partial charge in [0, 0.05) is 48.4 Å². The Morgan fingerprint density at radius 2 is 0.614 bits per heavy atom. The van der Waals surface area contributed by atoms with Crippen molar-refractivity contribution < 1.29 is 67.1 Å². The zero-order chi connectivity index (χ0) is 102. The minimum atomic E-state index is -0.250. The minimum absolute atomic E-state index is 0.0377. The van der Waals surface area contributed by atoms with Gasteiger partial charge < -0.3 is 67.1 Å². The molecule has 0 aromatic heterocycles. The molecule has 7 aliphatic carbocycles. The van der Waals surface area contributed by atoms with Crippen molar-refractivity contribution in [1.82, 2.24) is 0 Å². The Hall–Kier alpha value is -7.14. The van der Waals surface area contributed by atoms with Crippen molar-refractivity contribution in [2.24, 2.45) is 51.8 Å². The second kappa shape index (κ2) is 62.0. The van der Waals surface area contributed by atoms with Crippen molar-refractivity contribution in [2.45, 2.75) is 450 Å². The van der Waals surface area contributed by atoms with Crippen LogP contribution < -0.4 is 23.7 Å². The number of phenolic OH excluding ortho intramolecular Hbond substituents is 2. The molecule has 12 unspecified atom stereocenters. The van der Waals surface area contributed by atoms with Gasteiger partial charge in [0.25, 0.3) is 0 Å². The summed E-state index contributed by atoms with van der Waals surface area (Å²) in [5.41, 5.74) is 9.55. The number of aromatic hydroxyl groups is 2. The first kappa shape index (κ1) is 118. The smallest absolute Gasteiger partial charge is 0.205 e. The number of rotatable bonds is 40. The quantitative estimate of drug-likeness (QED) is 0.0277. The first-order valence-corrected chi connectivity index (χ1v) is 55.8. The highest BCUT2D eigenvalue weighted by Gasteiger charge is 2.56. The molecule has 0 amide bonds. The van der Waals surface area contributed by atoms with E-state index in [1.807, 2.05) is 36.4 Å². The van der Waals surface area contributed by atoms with Gasteiger partial charge in [-0.25, -0.2) is 0 Å². The third kappa shape index (κ3) is 41.0. The lowest BCUT2D eigenvalue weighted by molar-refractivity contribution is -0.220. The summed E-state index contributed by atoms with van der Waals surface area (Å²) >= 11 is 0. The summed E-state index contributed by atoms with van der Waals surface area (Å²) in [4.78, 5) is 0. The van der Waals surface area contributed by atoms with Crippen molar-refractivity contribution in [1.29, 1.82) is 0 Å². The van der Waals surface area contributed by atoms with E-state index in [0.717, 1.165) is 111 Å². The van der Waals surface area contributed by atoms with Crippen molar-refractivity contribution in [3.8, 4) is 40.2 Å². The van der Waals surface area contributed by atoms with Crippen LogP contribution in [0.2, 0.25) is 0 Å². The molecular formula is C126H196O14. The van der Waals surface area contributed by atoms with E-state index in [0.29, 0.717) is 96.1 Å². The van der Waals surface area contributed by atoms with E-state index < -0.39 is 0 Å². The van der Waals surface area contributed by atoms with Crippen molar-refractivity contribution in [3.63, 3.8) is 0 Å². The van der Waals surface area contributed by atoms with E-state index >= 15 is 0 Å². The molecule has 1 heterocycles. The van der Waals surface area contributed by atoms with Crippen molar-refractivity contribution >= 4 is 0 Å². The second-order valence-corrected chi connectivity index (χ2v) is 45.4. The maximum atomic E-state index is 9.01. The van der Waals surface area contributed by atoms with Gasteiger partial charge in [0.2, 0.25) is 31.5 Å². The molecular weight excluding hydrogens is 1740 g/mol. The minimum Gasteiger partial charge on any atom is -0.508 e. The highest BCUT2D eigenvalue weighted by atomic mass is 16.7. The molecule has 0 radical (unpaired) electrons. The summed E-state index contributed by atoms with van der Waals surface area (Å²) in [5, 5.41) is 18.0. The van der Waals surface area contributed by atoms with Crippen LogP contribution in [0.1, 0.15) is 439 Å². The zero-order valence-corrected chi connectivity index (χ0v) is 92.3. The summed E-state index contributed by atoms with van der Waals surface area (Å²) in [6.45, 7) is 56.4. The fourth-order valence-electron chi connectivity index (χ4n) is 20.3. The van der Waals surface area contributed by atoms with E-state index in [1.54, 1.807) is 31.4 Å². The van der Waals surface area contributed by atoms with E-state index in [1.165, 1.54) is 187 Å². The monoisotopic (exact) mass is 1930 g/mol. The molecule has 7 aromatic rings. The van der Waals surface area contributed by atoms with Crippen LogP contribution in [0.15, 0.2) is 170 Å². The normalized spacial score (nSPS) is 21.0. The molecule has 1 saturated heterocycles. The summed E-state index contributed by atoms with van der Waals surface area (Å²) in [6, 6.07) is 57.5. The van der Waals surface area contributed by atoms with Gasteiger partial charge in [-0.1, -0.05) is 309 Å². The summed E-state index contributed by atoms with van der Waals surface area (Å²) < 4.78 is 73.2. The molecule has 7 aromatic carbocycles. The fourth-order valence-corrected chi connectivity index (χ4v) is 20.3. The molecule has 14 nitrogen and oxygen atoms in total. The lowest BCUT2D eigenvalue weighted by atomic mass is 9.49. The number of methoxy groups -OCH3 is 1. The molecule has 1 aliphatic heterocycles. The molecule has 8 fully saturated rings. The molecule has 8 aliphatic rings. The number of hydrogen-bond donors (Lipinski definition) is 2. The Morgan fingerprint density at radius 1 is 0.321 bits per heavy atom. The van der Waals surface area contributed by atoms with Gasteiger partial charge >= 0.3 is 0 Å². The van der Waals surface area contributed by atoms with Crippen LogP contribution in [-0.4, -0.2) is 100 Å². The third-order valence-electron chi connectivity index (χ3n) is 30.8. The van der Waals surface area contributed by atoms with Crippen LogP contribution in [0.3, 0.4) is 0 Å². The predicted octanol–water partition coefficient (Wildman–Crippen LogP) is 35.1. The van der Waals surface area contributed by atoms with Gasteiger partial charge in [-0.2, -0.15) is 0 Å². The second-order valence-electron chi connectivity index (χ2n) is 45.4. The molecule has 4 bridgehead atoms. The van der Waals surface area contributed by atoms with Gasteiger partial charge in [-0.15, -0.1) is 0 Å². The molecule has 0 spiro atoms. The highest BCUT2D eigenvalue weighted by molar-refractivity contribution is 5.35. The Morgan fingerprint density at radius 3 is 0.936 bits per heavy atom. The van der Waals surface area contributed by atoms with Crippen molar-refractivity contribution in [3.05, 3.63) is 209 Å². The van der Waals surface area contributed by atoms with Crippen LogP contribution in [0.4, 0.5) is 0 Å². The summed E-state index contributed by atoms with van der Waals surface area (Å²) in [7, 11) is 1.68. The summed E-state index contributed by atoms with van der Waals surface area (Å²) in [5.74, 6) is 13.5. The highest BCUT2D eigenvalue weighted by Crippen LogP contribution is 2.62. The van der Waals surface area contributed by atoms with Crippen LogP contribution >= 0.6 is 0 Å². The number of phenols is 2. The average molecular weight is 1930 g/mol. The zero-order valence-electron chi connectivity index (χ0n) is 92.3. The Bertz CT molecular complexity index is 4250. The Kier molecular flexibility index (Phi) is 52.3. The molecule has 15 rings (SSSR count). The van der Waals surface area contributed by atoms with E-state index in [2.05, 4.69) is 275 Å². The first-order chi connectivity index (χ1) is 67.1. The topological polar surface area (TPSA) is 151 Å². The van der Waals surface area contributed by atoms with Gasteiger partial charge in [0.15, 0.2) is 0 Å². The molecule has 7 saturated carbocycles. The fraction of sp³-hybridized carbons (Fsp3) is 0.667. The standard InChI is InChI=1S/C29H44O3.C22H36O2.C20H32O3.C20H32O2.C15H24O2.2C10H14O/c1-3-21(2)25-9-11-27(12-10-25)32-28(31-14-13-30-26-7-5-4-6-8-26)29-18-22-15-23(19-29)17-24(16-22)20-29;1-6-17(2)19-12-14-20(15-13-19)24-21(22(3,4)5)23-16-18-10-8-7-9-11-18;1-6-15(2)16-7-9-17(10-8-16)22-19(20(3,4)5)23-18-11-13-21-14-12-18;1-5-16(4)17-11-13-19(14-12-17)22-20(15(2)3)21-18-9-7-6-8-10-18;1-6-12(4)13-7-9-14(10-8-13)17-15(16-5)11(2)3;2*1-3-8(2)9-4-6-10(11)7-5-9/h9-12,21-24,26,28H,3-8,13-20H2,1-2H3;12-15,17-18,21H,6-11,16H2,1-5H3;7-10,15,18-19H,6,11-14H2,1-5H3;11-16,18,20H,5-10H2,1-4H3;7-12,15H,6H2,1-5H3;2*4-8,11H,3H2,1-2H3. The molecule has 140 heavy (non-hydrogen) atoms. The van der Waals surface area contributed by atoms with Gasteiger partial charge in [0.1, 0.15) is 40.2 Å². The third-order valence-corrected chi connectivity index (χ3v) is 30.8. The van der Waals surface area contributed by atoms with E-state index in [4.69, 9.17) is 67.1 Å². The van der Waals surface area contributed by atoms with Gasteiger partial charge in [0.05, 0.1) is 38.1 Å². The van der Waals surface area contributed by atoms with Crippen molar-refractivity contribution in [2.75, 3.05) is 40.1 Å². The number of benzene rings is 7. The van der Waals surface area contributed by atoms with Crippen LogP contribution in [-0.2, 0) is 33.2 Å². The molecule has 14 heteroatoms. The molecule has 12 atom stereocenters. The maximum absolute atomic E-state index is 9.01. The van der Waals surface area contributed by atoms with E-state index in [-0.39, 0.29) is 53.8 Å². The van der Waals surface area contributed by atoms with E-state index in [9.17, 15) is 0 Å². The Balaban J connectivity index is 0.000000205. The first-order valence-electron chi connectivity index (χ1n) is 55.8. The lowest BCUT2D eigenvalue weighted by Gasteiger charge is -2.58. The van der Waals surface area contributed by atoms with Crippen LogP contribution in [0.5, 0.6) is 40.2 Å². The summed E-state index contributed by atoms with van der Waals surface area (Å²) in [6.07, 6.45) is 37.8. The van der Waals surface area contributed by atoms with Crippen LogP contribution in [0.25, 0.3) is 0 Å².